The first-order valence-corrected chi connectivity index (χ1v) is 5.76. The molecule has 0 atom stereocenters. The zero-order valence-electron chi connectivity index (χ0n) is 9.23. The maximum atomic E-state index is 11.4. The molecule has 1 radical (unpaired) electrons. The van der Waals surface area contributed by atoms with E-state index in [9.17, 15) is 4.79 Å². The average Bonchev–Trinajstić information content (AvgIpc) is 2.83. The number of hydrogen-bond acceptors (Lipinski definition) is 4. The molecule has 0 aliphatic carbocycles. The fraction of sp³-hybridized carbons (Fsp3) is 0.273. The van der Waals surface area contributed by atoms with E-state index in [1.807, 2.05) is 19.9 Å². The summed E-state index contributed by atoms with van der Waals surface area (Å²) in [5.74, 6) is -0.106. The molecule has 2 aromatic heterocycles. The highest BCUT2D eigenvalue weighted by atomic mass is 32.1. The molecular weight excluding hydrogens is 222 g/mol. The molecule has 2 aromatic rings. The highest BCUT2D eigenvalue weighted by Gasteiger charge is 2.12. The van der Waals surface area contributed by atoms with Crippen LogP contribution < -0.4 is 0 Å². The Kier molecular flexibility index (Phi) is 2.87. The standard InChI is InChI=1S/C11H12N3OS/c1-4-10(15)14-6-5-9(13-14)11-7(2)12-8(3)16-11/h5-6H,1,4H2,2-3H3. The van der Waals surface area contributed by atoms with Gasteiger partial charge in [0.25, 0.3) is 0 Å². The van der Waals surface area contributed by atoms with Gasteiger partial charge in [-0.15, -0.1) is 11.3 Å². The van der Waals surface area contributed by atoms with Crippen LogP contribution in [0, 0.1) is 20.8 Å². The fourth-order valence-corrected chi connectivity index (χ4v) is 2.35. The SMILES string of the molecule is [CH2]CC(=O)n1ccc(-c2sc(C)nc2C)n1. The number of hydrogen-bond donors (Lipinski definition) is 0. The van der Waals surface area contributed by atoms with Gasteiger partial charge < -0.3 is 0 Å². The summed E-state index contributed by atoms with van der Waals surface area (Å²) in [6.07, 6.45) is 1.87. The third-order valence-corrected chi connectivity index (χ3v) is 3.29. The lowest BCUT2D eigenvalue weighted by atomic mass is 10.3. The molecule has 0 spiro atoms. The van der Waals surface area contributed by atoms with Crippen LogP contribution in [-0.4, -0.2) is 20.7 Å². The van der Waals surface area contributed by atoms with Crippen molar-refractivity contribution in [3.8, 4) is 10.6 Å². The minimum absolute atomic E-state index is 0.106. The van der Waals surface area contributed by atoms with E-state index in [4.69, 9.17) is 0 Å². The Balaban J connectivity index is 2.38. The molecule has 0 fully saturated rings. The number of carbonyl (C=O) groups is 1. The molecule has 83 valence electrons. The van der Waals surface area contributed by atoms with Crippen LogP contribution in [0.1, 0.15) is 21.9 Å². The molecule has 0 saturated heterocycles. The van der Waals surface area contributed by atoms with Crippen molar-refractivity contribution in [1.82, 2.24) is 14.8 Å². The molecule has 0 amide bonds. The van der Waals surface area contributed by atoms with Gasteiger partial charge in [0.1, 0.15) is 5.69 Å². The van der Waals surface area contributed by atoms with Gasteiger partial charge in [-0.3, -0.25) is 4.79 Å². The number of aromatic nitrogens is 3. The lowest BCUT2D eigenvalue weighted by Crippen LogP contribution is -2.09. The van der Waals surface area contributed by atoms with E-state index in [2.05, 4.69) is 17.0 Å². The monoisotopic (exact) mass is 234 g/mol. The minimum Gasteiger partial charge on any atom is -0.273 e. The molecule has 16 heavy (non-hydrogen) atoms. The lowest BCUT2D eigenvalue weighted by Gasteiger charge is -1.95. The van der Waals surface area contributed by atoms with Gasteiger partial charge in [-0.2, -0.15) is 5.10 Å². The number of thiazole rings is 1. The van der Waals surface area contributed by atoms with E-state index < -0.39 is 0 Å². The maximum Gasteiger partial charge on any atom is 0.246 e. The summed E-state index contributed by atoms with van der Waals surface area (Å²) in [7, 11) is 0. The van der Waals surface area contributed by atoms with Crippen LogP contribution in [0.15, 0.2) is 12.3 Å². The molecule has 0 unspecified atom stereocenters. The first-order chi connectivity index (χ1) is 7.61. The van der Waals surface area contributed by atoms with Crippen LogP contribution in [0.3, 0.4) is 0 Å². The van der Waals surface area contributed by atoms with Crippen molar-refractivity contribution in [2.45, 2.75) is 20.3 Å². The third kappa shape index (κ3) is 1.90. The van der Waals surface area contributed by atoms with Gasteiger partial charge in [-0.05, 0) is 26.8 Å². The molecular formula is C11H12N3OS. The van der Waals surface area contributed by atoms with Gasteiger partial charge in [-0.1, -0.05) is 0 Å². The first-order valence-electron chi connectivity index (χ1n) is 4.94. The highest BCUT2D eigenvalue weighted by molar-refractivity contribution is 7.15. The van der Waals surface area contributed by atoms with Gasteiger partial charge in [0, 0.05) is 12.6 Å². The summed E-state index contributed by atoms with van der Waals surface area (Å²) in [5.41, 5.74) is 1.75. The quantitative estimate of drug-likeness (QED) is 0.802. The Morgan fingerprint density at radius 3 is 2.88 bits per heavy atom. The van der Waals surface area contributed by atoms with Crippen molar-refractivity contribution >= 4 is 17.2 Å². The zero-order valence-corrected chi connectivity index (χ0v) is 10.0. The van der Waals surface area contributed by atoms with Gasteiger partial charge >= 0.3 is 0 Å². The molecule has 4 nitrogen and oxygen atoms in total. The second kappa shape index (κ2) is 4.17. The molecule has 0 N–H and O–H groups in total. The van der Waals surface area contributed by atoms with Crippen molar-refractivity contribution in [1.29, 1.82) is 0 Å². The summed E-state index contributed by atoms with van der Waals surface area (Å²) >= 11 is 1.59. The average molecular weight is 234 g/mol. The Morgan fingerprint density at radius 2 is 2.31 bits per heavy atom. The van der Waals surface area contributed by atoms with Gasteiger partial charge in [0.2, 0.25) is 5.91 Å². The molecule has 2 rings (SSSR count). The van der Waals surface area contributed by atoms with Gasteiger partial charge in [0.15, 0.2) is 0 Å². The summed E-state index contributed by atoms with van der Waals surface area (Å²) in [5, 5.41) is 5.23. The maximum absolute atomic E-state index is 11.4. The van der Waals surface area contributed by atoms with Gasteiger partial charge in [-0.25, -0.2) is 9.67 Å². The Morgan fingerprint density at radius 1 is 1.56 bits per heavy atom. The smallest absolute Gasteiger partial charge is 0.246 e. The fourth-order valence-electron chi connectivity index (χ4n) is 1.47. The summed E-state index contributed by atoms with van der Waals surface area (Å²) in [4.78, 5) is 16.7. The van der Waals surface area contributed by atoms with E-state index in [1.54, 1.807) is 17.5 Å². The van der Waals surface area contributed by atoms with Crippen LogP contribution in [0.5, 0.6) is 0 Å². The summed E-state index contributed by atoms with van der Waals surface area (Å²) in [6.45, 7) is 7.45. The summed E-state index contributed by atoms with van der Waals surface area (Å²) in [6, 6.07) is 1.83. The number of carbonyl (C=O) groups excluding carboxylic acids is 1. The number of aryl methyl sites for hydroxylation is 2. The van der Waals surface area contributed by atoms with E-state index in [0.29, 0.717) is 0 Å². The van der Waals surface area contributed by atoms with Crippen molar-refractivity contribution in [2.75, 3.05) is 0 Å². The predicted octanol–water partition coefficient (Wildman–Crippen LogP) is 2.49. The van der Waals surface area contributed by atoms with Crippen LogP contribution >= 0.6 is 11.3 Å². The van der Waals surface area contributed by atoms with E-state index in [-0.39, 0.29) is 12.3 Å². The van der Waals surface area contributed by atoms with Crippen molar-refractivity contribution in [2.24, 2.45) is 0 Å². The van der Waals surface area contributed by atoms with Crippen molar-refractivity contribution < 1.29 is 4.79 Å². The molecule has 5 heteroatoms. The first kappa shape index (κ1) is 11.0. The minimum atomic E-state index is -0.106. The molecule has 0 bridgehead atoms. The normalized spacial score (nSPS) is 10.7. The zero-order chi connectivity index (χ0) is 11.7. The Labute approximate surface area is 97.9 Å². The molecule has 0 aromatic carbocycles. The number of nitrogens with zero attached hydrogens (tertiary/aromatic N) is 3. The molecule has 2 heterocycles. The van der Waals surface area contributed by atoms with E-state index in [1.165, 1.54) is 4.68 Å². The predicted molar refractivity (Wildman–Crippen MR) is 63.4 cm³/mol. The lowest BCUT2D eigenvalue weighted by molar-refractivity contribution is 0.0901. The molecule has 0 saturated carbocycles. The topological polar surface area (TPSA) is 47.8 Å². The van der Waals surface area contributed by atoms with Crippen LogP contribution in [0.4, 0.5) is 0 Å². The van der Waals surface area contributed by atoms with Crippen molar-refractivity contribution in [3.63, 3.8) is 0 Å². The van der Waals surface area contributed by atoms with Crippen LogP contribution in [0.2, 0.25) is 0 Å². The Bertz CT molecular complexity index is 527. The molecule has 0 aliphatic rings. The third-order valence-electron chi connectivity index (χ3n) is 2.19. The van der Waals surface area contributed by atoms with Gasteiger partial charge in [0.05, 0.1) is 15.6 Å². The number of rotatable bonds is 2. The van der Waals surface area contributed by atoms with E-state index in [0.717, 1.165) is 21.3 Å². The second-order valence-corrected chi connectivity index (χ2v) is 4.64. The van der Waals surface area contributed by atoms with E-state index >= 15 is 0 Å². The summed E-state index contributed by atoms with van der Waals surface area (Å²) < 4.78 is 1.33. The highest BCUT2D eigenvalue weighted by Crippen LogP contribution is 2.27. The molecule has 0 aliphatic heterocycles. The largest absolute Gasteiger partial charge is 0.273 e. The van der Waals surface area contributed by atoms with Crippen LogP contribution in [-0.2, 0) is 0 Å². The second-order valence-electron chi connectivity index (χ2n) is 3.44. The van der Waals surface area contributed by atoms with Crippen molar-refractivity contribution in [3.05, 3.63) is 29.9 Å². The Hall–Kier alpha value is -1.49. The van der Waals surface area contributed by atoms with Crippen LogP contribution in [0.25, 0.3) is 10.6 Å².